The maximum absolute atomic E-state index is 14.7. The molecule has 0 aliphatic carbocycles. The zero-order valence-electron chi connectivity index (χ0n) is 52.6. The number of primary amides is 1. The number of phenolic OH excluding ortho intramolecular Hbond substituents is 1. The molecule has 4 rings (SSSR count). The summed E-state index contributed by atoms with van der Waals surface area (Å²) >= 11 is 1.43. The fourth-order valence-electron chi connectivity index (χ4n) is 10.8. The van der Waals surface area contributed by atoms with Crippen LogP contribution in [0.25, 0.3) is 0 Å². The van der Waals surface area contributed by atoms with Crippen molar-refractivity contribution in [1.82, 2.24) is 57.2 Å². The lowest BCUT2D eigenvalue weighted by molar-refractivity contribution is -0.152. The average Bonchev–Trinajstić information content (AvgIpc) is 1.67. The van der Waals surface area contributed by atoms with E-state index < -0.39 is 199 Å². The number of aliphatic carboxylic acids is 1. The third-order valence-corrected chi connectivity index (χ3v) is 16.7. The van der Waals surface area contributed by atoms with Crippen LogP contribution in [0.2, 0.25) is 0 Å². The highest BCUT2D eigenvalue weighted by molar-refractivity contribution is 7.98. The standard InChI is InChI=1S/C58H91N13O20S/c1-27(2)42(64-48(80)35(18-19-41(60)78)61-53(85)43(28(3)73)65-47(79)34(59)20-24-92-7)52(84)62-36(25-32-14-16-33(77)17-15-32)49(81)67-45(30(5)75)57(89)71-23-10-13-40(71)56(88)70-22-9-12-39(70)55(87)69-21-8-11-38(69)51(83)66-44(29(4)74)54(86)63-37(26-72)50(82)68-46(31(6)76)58(90)91/h14-17,27-31,34-40,42-46,72-77H,8-13,18-26,59H2,1-7H3,(H2,60,78)(H,61,85)(H,62,84)(H,63,86)(H,64,80)(H,65,79)(H,66,83)(H,67,81)(H,68,82)(H,90,91)/t28-,29-,30-,31-,34+,35+,36+,37+,38+,39+,40+,42+,43+,44+,45+,46+/m1/s1. The summed E-state index contributed by atoms with van der Waals surface area (Å²) in [5.74, 6) is -13.1. The zero-order valence-corrected chi connectivity index (χ0v) is 53.4. The molecule has 3 aliphatic rings. The van der Waals surface area contributed by atoms with Gasteiger partial charge >= 0.3 is 5.97 Å². The number of aliphatic hydroxyl groups is 5. The van der Waals surface area contributed by atoms with E-state index in [1.165, 1.54) is 64.6 Å². The lowest BCUT2D eigenvalue weighted by Crippen LogP contribution is -2.63. The van der Waals surface area contributed by atoms with E-state index in [0.29, 0.717) is 24.2 Å². The molecule has 514 valence electrons. The van der Waals surface area contributed by atoms with Gasteiger partial charge in [-0.15, -0.1) is 0 Å². The molecule has 0 unspecified atom stereocenters. The number of nitrogens with one attached hydrogen (secondary N) is 8. The van der Waals surface area contributed by atoms with Gasteiger partial charge in [-0.05, 0) is 115 Å². The SMILES string of the molecule is CSCC[C@H](N)C(=O)N[C@H](C(=O)N[C@@H](CCC(N)=O)C(=O)N[C@H](C(=O)N[C@@H](Cc1ccc(O)cc1)C(=O)N[C@H](C(=O)N1CCC[C@H]1C(=O)N1CCC[C@H]1C(=O)N1CCC[C@H]1C(=O)N[C@H](C(=O)N[C@@H](CO)C(=O)N[C@H](C(=O)O)[C@@H](C)O)[C@@H](C)O)[C@@H](C)O)C(C)C)[C@@H](C)O. The molecule has 0 bridgehead atoms. The minimum atomic E-state index is -1.81. The Morgan fingerprint density at radius 2 is 0.957 bits per heavy atom. The van der Waals surface area contributed by atoms with Crippen LogP contribution in [-0.4, -0.2) is 262 Å². The van der Waals surface area contributed by atoms with Crippen LogP contribution in [-0.2, 0) is 68.7 Å². The topological polar surface area (TPSA) is 522 Å². The molecule has 1 aromatic rings. The van der Waals surface area contributed by atoms with E-state index in [2.05, 4.69) is 37.2 Å². The number of likely N-dealkylation sites (tertiary alicyclic amines) is 3. The fraction of sp³-hybridized carbons (Fsp3) is 0.672. The molecule has 3 aliphatic heterocycles. The Morgan fingerprint density at radius 3 is 1.46 bits per heavy atom. The number of amides is 12. The Morgan fingerprint density at radius 1 is 0.533 bits per heavy atom. The molecule has 0 aromatic heterocycles. The average molecular weight is 1320 g/mol. The molecule has 0 radical (unpaired) electrons. The van der Waals surface area contributed by atoms with Crippen molar-refractivity contribution in [1.29, 1.82) is 0 Å². The van der Waals surface area contributed by atoms with Crippen LogP contribution < -0.4 is 54.0 Å². The number of carboxylic acids is 1. The molecule has 33 nitrogen and oxygen atoms in total. The maximum Gasteiger partial charge on any atom is 0.328 e. The van der Waals surface area contributed by atoms with Gasteiger partial charge in [-0.25, -0.2) is 4.79 Å². The van der Waals surface area contributed by atoms with Crippen molar-refractivity contribution in [3.63, 3.8) is 0 Å². The van der Waals surface area contributed by atoms with Crippen molar-refractivity contribution >= 4 is 88.6 Å². The second kappa shape index (κ2) is 35.9. The summed E-state index contributed by atoms with van der Waals surface area (Å²) in [6.45, 7) is 6.73. The molecule has 1 aromatic carbocycles. The summed E-state index contributed by atoms with van der Waals surface area (Å²) in [4.78, 5) is 181. The third kappa shape index (κ3) is 21.4. The first kappa shape index (κ1) is 76.7. The summed E-state index contributed by atoms with van der Waals surface area (Å²) in [7, 11) is 0. The second-order valence-corrected chi connectivity index (χ2v) is 24.7. The van der Waals surface area contributed by atoms with Gasteiger partial charge in [-0.2, -0.15) is 11.8 Å². The number of carboxylic acid groups (broad SMARTS) is 1. The molecule has 3 saturated heterocycles. The van der Waals surface area contributed by atoms with Crippen LogP contribution in [0.3, 0.4) is 0 Å². The molecule has 0 saturated carbocycles. The third-order valence-electron chi connectivity index (χ3n) is 16.1. The van der Waals surface area contributed by atoms with E-state index in [9.17, 15) is 98.1 Å². The fourth-order valence-corrected chi connectivity index (χ4v) is 11.3. The number of carbonyl (C=O) groups excluding carboxylic acids is 12. The van der Waals surface area contributed by atoms with Gasteiger partial charge in [0.15, 0.2) is 6.04 Å². The Labute approximate surface area is 536 Å². The van der Waals surface area contributed by atoms with Crippen molar-refractivity contribution in [3.05, 3.63) is 29.8 Å². The van der Waals surface area contributed by atoms with Crippen LogP contribution in [0.1, 0.15) is 105 Å². The lowest BCUT2D eigenvalue weighted by Gasteiger charge is -2.35. The van der Waals surface area contributed by atoms with E-state index in [0.717, 1.165) is 13.8 Å². The predicted octanol–water partition coefficient (Wildman–Crippen LogP) is -6.61. The summed E-state index contributed by atoms with van der Waals surface area (Å²) in [5.41, 5.74) is 11.7. The monoisotopic (exact) mass is 1320 g/mol. The van der Waals surface area contributed by atoms with Crippen LogP contribution >= 0.6 is 11.8 Å². The minimum absolute atomic E-state index is 0.0349. The Balaban J connectivity index is 1.52. The zero-order chi connectivity index (χ0) is 69.0. The number of aliphatic hydroxyl groups excluding tert-OH is 5. The minimum Gasteiger partial charge on any atom is -0.508 e. The van der Waals surface area contributed by atoms with Gasteiger partial charge in [0.05, 0.1) is 37.1 Å². The largest absolute Gasteiger partial charge is 0.508 e. The van der Waals surface area contributed by atoms with Gasteiger partial charge in [-0.1, -0.05) is 26.0 Å². The summed E-state index contributed by atoms with van der Waals surface area (Å²) < 4.78 is 0. The van der Waals surface area contributed by atoms with Crippen molar-refractivity contribution in [2.24, 2.45) is 17.4 Å². The molecule has 12 amide bonds. The molecule has 3 heterocycles. The second-order valence-electron chi connectivity index (χ2n) is 23.7. The number of nitrogens with two attached hydrogens (primary N) is 2. The predicted molar refractivity (Wildman–Crippen MR) is 327 cm³/mol. The van der Waals surface area contributed by atoms with Gasteiger partial charge in [-0.3, -0.25) is 57.5 Å². The van der Waals surface area contributed by atoms with Crippen LogP contribution in [0, 0.1) is 5.92 Å². The molecular weight excluding hydrogens is 1230 g/mol. The van der Waals surface area contributed by atoms with E-state index >= 15 is 0 Å². The molecule has 34 heteroatoms. The number of hydrogen-bond acceptors (Lipinski definition) is 21. The molecule has 16 atom stereocenters. The Kier molecular flexibility index (Phi) is 29.9. The van der Waals surface area contributed by atoms with E-state index in [-0.39, 0.29) is 63.9 Å². The number of phenols is 1. The molecular formula is C58H91N13O20S. The van der Waals surface area contributed by atoms with Crippen LogP contribution in [0.5, 0.6) is 5.75 Å². The van der Waals surface area contributed by atoms with E-state index in [4.69, 9.17) is 11.5 Å². The first-order chi connectivity index (χ1) is 43.2. The normalized spacial score (nSPS) is 20.6. The van der Waals surface area contributed by atoms with Gasteiger partial charge in [0.1, 0.15) is 66.2 Å². The first-order valence-corrected chi connectivity index (χ1v) is 31.8. The van der Waals surface area contributed by atoms with Gasteiger partial charge < -0.3 is 104 Å². The molecule has 3 fully saturated rings. The number of hydrogen-bond donors (Lipinski definition) is 17. The number of aromatic hydroxyl groups is 1. The highest BCUT2D eigenvalue weighted by Crippen LogP contribution is 2.29. The smallest absolute Gasteiger partial charge is 0.328 e. The summed E-state index contributed by atoms with van der Waals surface area (Å²) in [5, 5.41) is 90.3. The molecule has 92 heavy (non-hydrogen) atoms. The Hall–Kier alpha value is -7.76. The number of nitrogens with zero attached hydrogens (tertiary/aromatic N) is 3. The van der Waals surface area contributed by atoms with E-state index in [1.807, 2.05) is 5.32 Å². The van der Waals surface area contributed by atoms with Gasteiger partial charge in [0.2, 0.25) is 70.9 Å². The first-order valence-electron chi connectivity index (χ1n) is 30.5. The summed E-state index contributed by atoms with van der Waals surface area (Å²) in [6.07, 6.45) is -4.20. The molecule has 0 spiro atoms. The number of rotatable bonds is 34. The summed E-state index contributed by atoms with van der Waals surface area (Å²) in [6, 6.07) is -12.5. The number of carbonyl (C=O) groups is 13. The van der Waals surface area contributed by atoms with E-state index in [1.54, 1.807) is 20.1 Å². The van der Waals surface area contributed by atoms with Crippen molar-refractivity contribution in [2.75, 3.05) is 38.2 Å². The Bertz CT molecular complexity index is 2790. The highest BCUT2D eigenvalue weighted by Gasteiger charge is 2.48. The van der Waals surface area contributed by atoms with Crippen molar-refractivity contribution in [2.45, 2.75) is 203 Å². The van der Waals surface area contributed by atoms with Crippen LogP contribution in [0.15, 0.2) is 24.3 Å². The number of benzene rings is 1. The van der Waals surface area contributed by atoms with Crippen molar-refractivity contribution < 1.29 is 98.1 Å². The van der Waals surface area contributed by atoms with Crippen LogP contribution in [0.4, 0.5) is 0 Å². The number of thioether (sulfide) groups is 1. The van der Waals surface area contributed by atoms with Gasteiger partial charge in [0, 0.05) is 32.5 Å². The maximum atomic E-state index is 14.7. The highest BCUT2D eigenvalue weighted by atomic mass is 32.2. The molecule has 19 N–H and O–H groups in total. The van der Waals surface area contributed by atoms with Crippen molar-refractivity contribution in [3.8, 4) is 5.75 Å². The quantitative estimate of drug-likeness (QED) is 0.0305. The lowest BCUT2D eigenvalue weighted by atomic mass is 9.99. The van der Waals surface area contributed by atoms with Gasteiger partial charge in [0.25, 0.3) is 0 Å².